The SMILES string of the molecule is Cc1ccc(F)c(C(=O)N2CCCC2CCCN)c1. The van der Waals surface area contributed by atoms with Gasteiger partial charge in [-0.15, -0.1) is 0 Å². The lowest BCUT2D eigenvalue weighted by atomic mass is 10.1. The maximum absolute atomic E-state index is 13.8. The number of aryl methyl sites for hydroxylation is 1. The minimum absolute atomic E-state index is 0.180. The number of hydrogen-bond acceptors (Lipinski definition) is 2. The van der Waals surface area contributed by atoms with Crippen LogP contribution in [0, 0.1) is 12.7 Å². The van der Waals surface area contributed by atoms with E-state index in [4.69, 9.17) is 5.73 Å². The van der Waals surface area contributed by atoms with Gasteiger partial charge in [0.2, 0.25) is 0 Å². The van der Waals surface area contributed by atoms with Crippen LogP contribution in [0.25, 0.3) is 0 Å². The summed E-state index contributed by atoms with van der Waals surface area (Å²) in [4.78, 5) is 14.3. The van der Waals surface area contributed by atoms with E-state index in [-0.39, 0.29) is 17.5 Å². The molecule has 1 heterocycles. The Kier molecular flexibility index (Phi) is 4.53. The molecule has 0 aliphatic carbocycles. The monoisotopic (exact) mass is 264 g/mol. The normalized spacial score (nSPS) is 18.9. The Morgan fingerprint density at radius 2 is 2.32 bits per heavy atom. The topological polar surface area (TPSA) is 46.3 Å². The zero-order chi connectivity index (χ0) is 13.8. The highest BCUT2D eigenvalue weighted by Gasteiger charge is 2.30. The van der Waals surface area contributed by atoms with Crippen LogP contribution >= 0.6 is 0 Å². The number of amides is 1. The van der Waals surface area contributed by atoms with Crippen LogP contribution in [0.5, 0.6) is 0 Å². The first kappa shape index (κ1) is 14.0. The lowest BCUT2D eigenvalue weighted by Crippen LogP contribution is -2.36. The molecule has 1 unspecified atom stereocenters. The van der Waals surface area contributed by atoms with Crippen molar-refractivity contribution in [2.24, 2.45) is 5.73 Å². The van der Waals surface area contributed by atoms with E-state index in [0.29, 0.717) is 6.54 Å². The summed E-state index contributed by atoms with van der Waals surface area (Å²) in [6.45, 7) is 3.23. The maximum atomic E-state index is 13.8. The van der Waals surface area contributed by atoms with Crippen LogP contribution in [0.3, 0.4) is 0 Å². The van der Waals surface area contributed by atoms with E-state index in [9.17, 15) is 9.18 Å². The van der Waals surface area contributed by atoms with Crippen LogP contribution < -0.4 is 5.73 Å². The highest BCUT2D eigenvalue weighted by Crippen LogP contribution is 2.24. The third-order valence-corrected chi connectivity index (χ3v) is 3.73. The molecule has 1 atom stereocenters. The molecule has 1 aliphatic rings. The number of likely N-dealkylation sites (tertiary alicyclic amines) is 1. The number of nitrogens with two attached hydrogens (primary N) is 1. The molecule has 2 rings (SSSR count). The van der Waals surface area contributed by atoms with Crippen molar-refractivity contribution in [1.82, 2.24) is 4.90 Å². The van der Waals surface area contributed by atoms with Gasteiger partial charge in [-0.2, -0.15) is 0 Å². The zero-order valence-corrected chi connectivity index (χ0v) is 11.4. The predicted octanol–water partition coefficient (Wildman–Crippen LogP) is 2.48. The zero-order valence-electron chi connectivity index (χ0n) is 11.4. The van der Waals surface area contributed by atoms with Gasteiger partial charge in [0.15, 0.2) is 0 Å². The Morgan fingerprint density at radius 3 is 3.05 bits per heavy atom. The Bertz CT molecular complexity index is 461. The highest BCUT2D eigenvalue weighted by molar-refractivity contribution is 5.95. The van der Waals surface area contributed by atoms with Gasteiger partial charge in [0.25, 0.3) is 5.91 Å². The van der Waals surface area contributed by atoms with Crippen molar-refractivity contribution in [2.75, 3.05) is 13.1 Å². The fourth-order valence-electron chi connectivity index (χ4n) is 2.71. The van der Waals surface area contributed by atoms with Gasteiger partial charge in [0.05, 0.1) is 5.56 Å². The van der Waals surface area contributed by atoms with Crippen molar-refractivity contribution >= 4 is 5.91 Å². The van der Waals surface area contributed by atoms with Crippen molar-refractivity contribution in [3.8, 4) is 0 Å². The van der Waals surface area contributed by atoms with Crippen molar-refractivity contribution in [3.63, 3.8) is 0 Å². The Hall–Kier alpha value is -1.42. The van der Waals surface area contributed by atoms with E-state index in [0.717, 1.165) is 37.8 Å². The molecule has 0 aromatic heterocycles. The maximum Gasteiger partial charge on any atom is 0.257 e. The smallest absolute Gasteiger partial charge is 0.257 e. The summed E-state index contributed by atoms with van der Waals surface area (Å²) >= 11 is 0. The van der Waals surface area contributed by atoms with E-state index in [1.165, 1.54) is 6.07 Å². The van der Waals surface area contributed by atoms with Gasteiger partial charge in [-0.25, -0.2) is 4.39 Å². The molecule has 1 aliphatic heterocycles. The summed E-state index contributed by atoms with van der Waals surface area (Å²) in [5, 5.41) is 0. The second-order valence-electron chi connectivity index (χ2n) is 5.21. The molecule has 104 valence electrons. The minimum Gasteiger partial charge on any atom is -0.336 e. The largest absolute Gasteiger partial charge is 0.336 e. The summed E-state index contributed by atoms with van der Waals surface area (Å²) in [6, 6.07) is 4.90. The summed E-state index contributed by atoms with van der Waals surface area (Å²) in [5.74, 6) is -0.610. The fraction of sp³-hybridized carbons (Fsp3) is 0.533. The quantitative estimate of drug-likeness (QED) is 0.908. The molecule has 0 bridgehead atoms. The number of carbonyl (C=O) groups excluding carboxylic acids is 1. The molecule has 1 fully saturated rings. The van der Waals surface area contributed by atoms with Crippen LogP contribution in [0.2, 0.25) is 0 Å². The number of carbonyl (C=O) groups is 1. The number of hydrogen-bond donors (Lipinski definition) is 1. The second kappa shape index (κ2) is 6.15. The summed E-state index contributed by atoms with van der Waals surface area (Å²) in [6.07, 6.45) is 3.81. The van der Waals surface area contributed by atoms with E-state index in [1.807, 2.05) is 11.8 Å². The van der Waals surface area contributed by atoms with Crippen LogP contribution in [0.4, 0.5) is 4.39 Å². The van der Waals surface area contributed by atoms with Crippen molar-refractivity contribution in [1.29, 1.82) is 0 Å². The predicted molar refractivity (Wildman–Crippen MR) is 73.5 cm³/mol. The third-order valence-electron chi connectivity index (χ3n) is 3.73. The number of benzene rings is 1. The lowest BCUT2D eigenvalue weighted by molar-refractivity contribution is 0.0724. The first-order chi connectivity index (χ1) is 9.13. The van der Waals surface area contributed by atoms with Crippen molar-refractivity contribution in [2.45, 2.75) is 38.6 Å². The molecule has 19 heavy (non-hydrogen) atoms. The van der Waals surface area contributed by atoms with Gasteiger partial charge in [0, 0.05) is 12.6 Å². The second-order valence-corrected chi connectivity index (χ2v) is 5.21. The number of halogens is 1. The average Bonchev–Trinajstić information content (AvgIpc) is 2.86. The average molecular weight is 264 g/mol. The van der Waals surface area contributed by atoms with Crippen molar-refractivity contribution in [3.05, 3.63) is 35.1 Å². The third kappa shape index (κ3) is 3.13. The van der Waals surface area contributed by atoms with Gasteiger partial charge in [-0.1, -0.05) is 11.6 Å². The van der Waals surface area contributed by atoms with Gasteiger partial charge in [-0.3, -0.25) is 4.79 Å². The van der Waals surface area contributed by atoms with Crippen LogP contribution in [-0.2, 0) is 0 Å². The first-order valence-electron chi connectivity index (χ1n) is 6.90. The van der Waals surface area contributed by atoms with Crippen molar-refractivity contribution < 1.29 is 9.18 Å². The van der Waals surface area contributed by atoms with Crippen LogP contribution in [0.1, 0.15) is 41.6 Å². The molecule has 2 N–H and O–H groups in total. The highest BCUT2D eigenvalue weighted by atomic mass is 19.1. The Morgan fingerprint density at radius 1 is 1.53 bits per heavy atom. The molecular weight excluding hydrogens is 243 g/mol. The summed E-state index contributed by atoms with van der Waals surface area (Å²) in [5.41, 5.74) is 6.62. The van der Waals surface area contributed by atoms with Crippen LogP contribution in [-0.4, -0.2) is 29.9 Å². The summed E-state index contributed by atoms with van der Waals surface area (Å²) in [7, 11) is 0. The van der Waals surface area contributed by atoms with Gasteiger partial charge < -0.3 is 10.6 Å². The molecule has 0 spiro atoms. The number of rotatable bonds is 4. The molecule has 1 amide bonds. The lowest BCUT2D eigenvalue weighted by Gasteiger charge is -2.25. The molecule has 4 heteroatoms. The van der Waals surface area contributed by atoms with E-state index in [2.05, 4.69) is 0 Å². The minimum atomic E-state index is -0.430. The van der Waals surface area contributed by atoms with E-state index >= 15 is 0 Å². The molecule has 1 aromatic rings. The number of nitrogens with zero attached hydrogens (tertiary/aromatic N) is 1. The molecule has 0 radical (unpaired) electrons. The molecule has 3 nitrogen and oxygen atoms in total. The standard InChI is InChI=1S/C15H21FN2O/c1-11-6-7-14(16)13(10-11)15(19)18-9-3-5-12(18)4-2-8-17/h6-7,10,12H,2-5,8-9,17H2,1H3. The summed E-state index contributed by atoms with van der Waals surface area (Å²) < 4.78 is 13.8. The van der Waals surface area contributed by atoms with Gasteiger partial charge in [-0.05, 0) is 51.3 Å². The fourth-order valence-corrected chi connectivity index (χ4v) is 2.71. The molecule has 1 aromatic carbocycles. The molecule has 1 saturated heterocycles. The van der Waals surface area contributed by atoms with Gasteiger partial charge in [0.1, 0.15) is 5.82 Å². The van der Waals surface area contributed by atoms with Crippen LogP contribution in [0.15, 0.2) is 18.2 Å². The molecule has 0 saturated carbocycles. The van der Waals surface area contributed by atoms with E-state index in [1.54, 1.807) is 12.1 Å². The first-order valence-corrected chi connectivity index (χ1v) is 6.90. The van der Waals surface area contributed by atoms with E-state index < -0.39 is 5.82 Å². The Labute approximate surface area is 113 Å². The molecular formula is C15H21FN2O. The Balaban J connectivity index is 2.16. The van der Waals surface area contributed by atoms with Gasteiger partial charge >= 0.3 is 0 Å².